The van der Waals surface area contributed by atoms with E-state index in [1.165, 1.54) is 0 Å². The molecule has 0 saturated heterocycles. The molecule has 1 aromatic rings. The fourth-order valence-electron chi connectivity index (χ4n) is 1.34. The van der Waals surface area contributed by atoms with Crippen molar-refractivity contribution in [1.29, 1.82) is 0 Å². The maximum atomic E-state index is 11.8. The molecule has 1 aromatic heterocycles. The van der Waals surface area contributed by atoms with Crippen molar-refractivity contribution in [3.05, 3.63) is 21.9 Å². The molecule has 84 valence electrons. The summed E-state index contributed by atoms with van der Waals surface area (Å²) in [5.74, 6) is 0.343. The molecule has 1 rings (SSSR count). The second kappa shape index (κ2) is 5.28. The molecule has 1 amide bonds. The van der Waals surface area contributed by atoms with Gasteiger partial charge in [0.05, 0.1) is 5.56 Å². The normalized spacial score (nSPS) is 12.9. The van der Waals surface area contributed by atoms with Gasteiger partial charge in [-0.2, -0.15) is 11.3 Å². The average Bonchev–Trinajstić information content (AvgIpc) is 2.60. The van der Waals surface area contributed by atoms with Crippen molar-refractivity contribution in [2.45, 2.75) is 26.8 Å². The van der Waals surface area contributed by atoms with E-state index >= 15 is 0 Å². The molecular formula is C11H18N2OS. The first-order chi connectivity index (χ1) is 7.06. The summed E-state index contributed by atoms with van der Waals surface area (Å²) in [7, 11) is 0. The van der Waals surface area contributed by atoms with Gasteiger partial charge in [0, 0.05) is 18.0 Å². The molecule has 0 fully saturated rings. The molecule has 0 aliphatic carbocycles. The van der Waals surface area contributed by atoms with Crippen LogP contribution in [0.3, 0.4) is 0 Å². The van der Waals surface area contributed by atoms with Gasteiger partial charge >= 0.3 is 0 Å². The highest BCUT2D eigenvalue weighted by Gasteiger charge is 2.16. The quantitative estimate of drug-likeness (QED) is 0.822. The van der Waals surface area contributed by atoms with Crippen LogP contribution in [0.2, 0.25) is 0 Å². The Morgan fingerprint density at radius 1 is 1.53 bits per heavy atom. The van der Waals surface area contributed by atoms with Crippen molar-refractivity contribution < 1.29 is 4.79 Å². The molecule has 1 atom stereocenters. The summed E-state index contributed by atoms with van der Waals surface area (Å²) in [6.45, 7) is 6.53. The Kier molecular flexibility index (Phi) is 4.29. The molecule has 1 unspecified atom stereocenters. The Balaban J connectivity index is 2.67. The predicted molar refractivity (Wildman–Crippen MR) is 64.2 cm³/mol. The number of carbonyl (C=O) groups excluding carboxylic acids is 1. The van der Waals surface area contributed by atoms with Crippen molar-refractivity contribution in [2.24, 2.45) is 11.7 Å². The smallest absolute Gasteiger partial charge is 0.252 e. The summed E-state index contributed by atoms with van der Waals surface area (Å²) in [5.41, 5.74) is 7.39. The van der Waals surface area contributed by atoms with Crippen LogP contribution >= 0.6 is 11.3 Å². The lowest BCUT2D eigenvalue weighted by atomic mass is 10.0. The van der Waals surface area contributed by atoms with Crippen LogP contribution < -0.4 is 11.1 Å². The standard InChI is InChI=1S/C11H18N2OS/c1-7(2)10(4-12)13-11(14)9-6-15-5-8(9)3/h5-7,10H,4,12H2,1-3H3,(H,13,14). The van der Waals surface area contributed by atoms with Crippen LogP contribution in [0.15, 0.2) is 10.8 Å². The Labute approximate surface area is 94.7 Å². The monoisotopic (exact) mass is 226 g/mol. The summed E-state index contributed by atoms with van der Waals surface area (Å²) in [4.78, 5) is 11.8. The lowest BCUT2D eigenvalue weighted by molar-refractivity contribution is 0.0927. The van der Waals surface area contributed by atoms with Crippen molar-refractivity contribution in [2.75, 3.05) is 6.54 Å². The zero-order valence-electron chi connectivity index (χ0n) is 9.41. The number of hydrogen-bond donors (Lipinski definition) is 2. The summed E-state index contributed by atoms with van der Waals surface area (Å²) in [6.07, 6.45) is 0. The molecule has 0 saturated carbocycles. The van der Waals surface area contributed by atoms with E-state index in [9.17, 15) is 4.79 Å². The highest BCUT2D eigenvalue weighted by Crippen LogP contribution is 2.14. The summed E-state index contributed by atoms with van der Waals surface area (Å²) in [6, 6.07) is 0.0526. The van der Waals surface area contributed by atoms with Gasteiger partial charge in [0.25, 0.3) is 5.91 Å². The van der Waals surface area contributed by atoms with Gasteiger partial charge in [0.2, 0.25) is 0 Å². The van der Waals surface area contributed by atoms with Gasteiger partial charge < -0.3 is 11.1 Å². The number of carbonyl (C=O) groups is 1. The van der Waals surface area contributed by atoms with E-state index in [2.05, 4.69) is 19.2 Å². The fraction of sp³-hybridized carbons (Fsp3) is 0.545. The molecule has 4 heteroatoms. The first kappa shape index (κ1) is 12.2. The molecule has 3 N–H and O–H groups in total. The first-order valence-corrected chi connectivity index (χ1v) is 6.04. The number of thiophene rings is 1. The Hall–Kier alpha value is -0.870. The number of amides is 1. The van der Waals surface area contributed by atoms with Crippen LogP contribution in [0.5, 0.6) is 0 Å². The van der Waals surface area contributed by atoms with Crippen LogP contribution in [-0.4, -0.2) is 18.5 Å². The molecule has 15 heavy (non-hydrogen) atoms. The van der Waals surface area contributed by atoms with Gasteiger partial charge in [0.15, 0.2) is 0 Å². The van der Waals surface area contributed by atoms with E-state index < -0.39 is 0 Å². The topological polar surface area (TPSA) is 55.1 Å². The lowest BCUT2D eigenvalue weighted by Crippen LogP contribution is -2.43. The summed E-state index contributed by atoms with van der Waals surface area (Å²) in [5, 5.41) is 6.80. The van der Waals surface area contributed by atoms with Crippen molar-refractivity contribution in [3.8, 4) is 0 Å². The van der Waals surface area contributed by atoms with Gasteiger partial charge in [-0.3, -0.25) is 4.79 Å². The Morgan fingerprint density at radius 2 is 2.20 bits per heavy atom. The predicted octanol–water partition coefficient (Wildman–Crippen LogP) is 1.77. The van der Waals surface area contributed by atoms with Crippen molar-refractivity contribution in [3.63, 3.8) is 0 Å². The zero-order valence-corrected chi connectivity index (χ0v) is 10.2. The molecule has 0 bridgehead atoms. The highest BCUT2D eigenvalue weighted by atomic mass is 32.1. The molecule has 3 nitrogen and oxygen atoms in total. The molecule has 0 radical (unpaired) electrons. The summed E-state index contributed by atoms with van der Waals surface area (Å²) >= 11 is 1.55. The van der Waals surface area contributed by atoms with Crippen LogP contribution in [0.25, 0.3) is 0 Å². The van der Waals surface area contributed by atoms with Gasteiger partial charge in [-0.25, -0.2) is 0 Å². The Bertz CT molecular complexity index is 333. The maximum absolute atomic E-state index is 11.8. The van der Waals surface area contributed by atoms with Gasteiger partial charge in [-0.15, -0.1) is 0 Å². The zero-order chi connectivity index (χ0) is 11.4. The van der Waals surface area contributed by atoms with Gasteiger partial charge in [0.1, 0.15) is 0 Å². The second-order valence-electron chi connectivity index (χ2n) is 4.03. The third-order valence-electron chi connectivity index (χ3n) is 2.48. The fourth-order valence-corrected chi connectivity index (χ4v) is 2.17. The SMILES string of the molecule is Cc1cscc1C(=O)NC(CN)C(C)C. The number of aryl methyl sites for hydroxylation is 1. The van der Waals surface area contributed by atoms with E-state index in [1.807, 2.05) is 17.7 Å². The van der Waals surface area contributed by atoms with E-state index in [-0.39, 0.29) is 11.9 Å². The van der Waals surface area contributed by atoms with Crippen LogP contribution in [-0.2, 0) is 0 Å². The minimum absolute atomic E-state index is 0.0158. The maximum Gasteiger partial charge on any atom is 0.252 e. The molecule has 0 aliphatic heterocycles. The molecule has 1 heterocycles. The average molecular weight is 226 g/mol. The van der Waals surface area contributed by atoms with Crippen LogP contribution in [0, 0.1) is 12.8 Å². The Morgan fingerprint density at radius 3 is 2.60 bits per heavy atom. The minimum atomic E-state index is -0.0158. The lowest BCUT2D eigenvalue weighted by Gasteiger charge is -2.20. The number of nitrogens with two attached hydrogens (primary N) is 1. The highest BCUT2D eigenvalue weighted by molar-refractivity contribution is 7.08. The third kappa shape index (κ3) is 3.04. The van der Waals surface area contributed by atoms with E-state index in [0.717, 1.165) is 11.1 Å². The van der Waals surface area contributed by atoms with Crippen LogP contribution in [0.4, 0.5) is 0 Å². The van der Waals surface area contributed by atoms with E-state index in [1.54, 1.807) is 11.3 Å². The summed E-state index contributed by atoms with van der Waals surface area (Å²) < 4.78 is 0. The number of rotatable bonds is 4. The molecule has 0 aromatic carbocycles. The third-order valence-corrected chi connectivity index (χ3v) is 3.34. The van der Waals surface area contributed by atoms with Crippen molar-refractivity contribution >= 4 is 17.2 Å². The van der Waals surface area contributed by atoms with Gasteiger partial charge in [-0.1, -0.05) is 13.8 Å². The van der Waals surface area contributed by atoms with Crippen molar-refractivity contribution in [1.82, 2.24) is 5.32 Å². The van der Waals surface area contributed by atoms with Gasteiger partial charge in [-0.05, 0) is 23.8 Å². The first-order valence-electron chi connectivity index (χ1n) is 5.10. The minimum Gasteiger partial charge on any atom is -0.348 e. The molecular weight excluding hydrogens is 208 g/mol. The number of nitrogens with one attached hydrogen (secondary N) is 1. The van der Waals surface area contributed by atoms with E-state index in [0.29, 0.717) is 12.5 Å². The van der Waals surface area contributed by atoms with Crippen LogP contribution in [0.1, 0.15) is 29.8 Å². The van der Waals surface area contributed by atoms with E-state index in [4.69, 9.17) is 5.73 Å². The molecule has 0 spiro atoms. The second-order valence-corrected chi connectivity index (χ2v) is 4.77. The molecule has 0 aliphatic rings. The largest absolute Gasteiger partial charge is 0.348 e. The number of hydrogen-bond acceptors (Lipinski definition) is 3.